The van der Waals surface area contributed by atoms with Crippen LogP contribution in [0.1, 0.15) is 12.5 Å². The molecule has 0 saturated heterocycles. The monoisotopic (exact) mass is 254 g/mol. The number of carboxylic acids is 1. The molecule has 0 unspecified atom stereocenters. The number of hydrogen-bond acceptors (Lipinski definition) is 4. The van der Waals surface area contributed by atoms with Crippen LogP contribution in [-0.4, -0.2) is 28.5 Å². The van der Waals surface area contributed by atoms with Crippen molar-refractivity contribution in [2.45, 2.75) is 13.8 Å². The van der Waals surface area contributed by atoms with Gasteiger partial charge >= 0.3 is 0 Å². The lowest BCUT2D eigenvalue weighted by Crippen LogP contribution is -2.21. The Morgan fingerprint density at radius 2 is 1.89 bits per heavy atom. The molecule has 7 nitrogen and oxygen atoms in total. The number of aryl methyl sites for hydroxylation is 1. The normalized spacial score (nSPS) is 8.78. The van der Waals surface area contributed by atoms with Crippen LogP contribution >= 0.6 is 0 Å². The van der Waals surface area contributed by atoms with Crippen molar-refractivity contribution in [2.75, 3.05) is 11.9 Å². The molecule has 1 aromatic carbocycles. The van der Waals surface area contributed by atoms with Crippen molar-refractivity contribution in [3.8, 4) is 0 Å². The molecule has 1 aromatic rings. The number of anilines is 1. The van der Waals surface area contributed by atoms with Crippen LogP contribution < -0.4 is 5.32 Å². The summed E-state index contributed by atoms with van der Waals surface area (Å²) in [5.74, 6) is -1.44. The van der Waals surface area contributed by atoms with E-state index in [1.807, 2.05) is 19.1 Å². The molecule has 0 spiro atoms. The largest absolute Gasteiger partial charge is 0.481 e. The number of para-hydroxylation sites is 1. The van der Waals surface area contributed by atoms with Gasteiger partial charge < -0.3 is 10.4 Å². The lowest BCUT2D eigenvalue weighted by molar-refractivity contribution is -0.467. The van der Waals surface area contributed by atoms with E-state index in [1.165, 1.54) is 0 Å². The standard InChI is InChI=1S/C9H10N2O3.C2H4O2/c1-7-4-2-3-5-8(7)10-9(12)6-11(13)14;1-2(3)4/h2-5H,6H2,1H3,(H,10,12);1H3,(H,3,4). The van der Waals surface area contributed by atoms with Gasteiger partial charge in [0.25, 0.3) is 18.4 Å². The molecule has 7 heteroatoms. The highest BCUT2D eigenvalue weighted by Gasteiger charge is 2.09. The molecule has 0 heterocycles. The lowest BCUT2D eigenvalue weighted by atomic mass is 10.2. The first-order valence-electron chi connectivity index (χ1n) is 4.99. The Hall–Kier alpha value is -2.44. The molecule has 0 saturated carbocycles. The molecule has 18 heavy (non-hydrogen) atoms. The number of amides is 1. The maximum absolute atomic E-state index is 11.0. The second kappa shape index (κ2) is 7.77. The topological polar surface area (TPSA) is 110 Å². The number of rotatable bonds is 3. The smallest absolute Gasteiger partial charge is 0.300 e. The van der Waals surface area contributed by atoms with Gasteiger partial charge in [-0.05, 0) is 18.6 Å². The molecule has 1 amide bonds. The van der Waals surface area contributed by atoms with Gasteiger partial charge in [0.1, 0.15) is 0 Å². The molecule has 2 N–H and O–H groups in total. The van der Waals surface area contributed by atoms with E-state index in [-0.39, 0.29) is 0 Å². The molecular weight excluding hydrogens is 240 g/mol. The van der Waals surface area contributed by atoms with E-state index in [2.05, 4.69) is 5.32 Å². The Morgan fingerprint density at radius 3 is 2.33 bits per heavy atom. The quantitative estimate of drug-likeness (QED) is 0.624. The second-order valence-electron chi connectivity index (χ2n) is 3.37. The number of nitrogens with zero attached hydrogens (tertiary/aromatic N) is 1. The number of carboxylic acid groups (broad SMARTS) is 1. The minimum Gasteiger partial charge on any atom is -0.481 e. The predicted molar refractivity (Wildman–Crippen MR) is 65.0 cm³/mol. The molecule has 0 aromatic heterocycles. The average molecular weight is 254 g/mol. The third-order valence-corrected chi connectivity index (χ3v) is 1.69. The molecule has 0 radical (unpaired) electrons. The Morgan fingerprint density at radius 1 is 1.39 bits per heavy atom. The number of benzene rings is 1. The third kappa shape index (κ3) is 7.80. The zero-order valence-corrected chi connectivity index (χ0v) is 10.0. The first-order chi connectivity index (χ1) is 8.32. The minimum absolute atomic E-state index is 0.607. The molecule has 0 aliphatic carbocycles. The summed E-state index contributed by atoms with van der Waals surface area (Å²) >= 11 is 0. The first-order valence-corrected chi connectivity index (χ1v) is 4.99. The zero-order valence-electron chi connectivity index (χ0n) is 10.0. The van der Waals surface area contributed by atoms with Crippen LogP contribution in [0.4, 0.5) is 5.69 Å². The first kappa shape index (κ1) is 15.6. The van der Waals surface area contributed by atoms with Crippen LogP contribution in [0.2, 0.25) is 0 Å². The summed E-state index contributed by atoms with van der Waals surface area (Å²) in [6, 6.07) is 7.11. The van der Waals surface area contributed by atoms with Crippen LogP contribution in [-0.2, 0) is 9.59 Å². The van der Waals surface area contributed by atoms with E-state index in [0.717, 1.165) is 12.5 Å². The van der Waals surface area contributed by atoms with Crippen molar-refractivity contribution >= 4 is 17.6 Å². The van der Waals surface area contributed by atoms with E-state index in [1.54, 1.807) is 12.1 Å². The fourth-order valence-corrected chi connectivity index (χ4v) is 1.02. The van der Waals surface area contributed by atoms with Gasteiger partial charge in [-0.1, -0.05) is 18.2 Å². The highest BCUT2D eigenvalue weighted by molar-refractivity contribution is 5.92. The van der Waals surface area contributed by atoms with Gasteiger partial charge in [-0.2, -0.15) is 0 Å². The Balaban J connectivity index is 0.000000631. The number of hydrogen-bond donors (Lipinski definition) is 2. The van der Waals surface area contributed by atoms with Crippen molar-refractivity contribution in [3.05, 3.63) is 39.9 Å². The van der Waals surface area contributed by atoms with Gasteiger partial charge in [0.2, 0.25) is 0 Å². The van der Waals surface area contributed by atoms with Gasteiger partial charge in [-0.25, -0.2) is 0 Å². The maximum atomic E-state index is 11.0. The fraction of sp³-hybridized carbons (Fsp3) is 0.273. The average Bonchev–Trinajstić information content (AvgIpc) is 2.19. The van der Waals surface area contributed by atoms with Crippen molar-refractivity contribution in [3.63, 3.8) is 0 Å². The molecule has 0 aliphatic heterocycles. The van der Waals surface area contributed by atoms with Crippen molar-refractivity contribution < 1.29 is 19.6 Å². The summed E-state index contributed by atoms with van der Waals surface area (Å²) in [7, 11) is 0. The van der Waals surface area contributed by atoms with Gasteiger partial charge in [-0.3, -0.25) is 19.7 Å². The highest BCUT2D eigenvalue weighted by Crippen LogP contribution is 2.12. The van der Waals surface area contributed by atoms with E-state index < -0.39 is 23.3 Å². The zero-order chi connectivity index (χ0) is 14.1. The molecule has 0 aliphatic rings. The number of nitrogens with one attached hydrogen (secondary N) is 1. The van der Waals surface area contributed by atoms with Gasteiger partial charge in [0, 0.05) is 17.5 Å². The van der Waals surface area contributed by atoms with Crippen LogP contribution in [0, 0.1) is 17.0 Å². The lowest BCUT2D eigenvalue weighted by Gasteiger charge is -2.04. The van der Waals surface area contributed by atoms with E-state index in [0.29, 0.717) is 5.69 Å². The Kier molecular flexibility index (Phi) is 6.72. The summed E-state index contributed by atoms with van der Waals surface area (Å²) in [4.78, 5) is 29.4. The molecule has 0 fully saturated rings. The summed E-state index contributed by atoms with van der Waals surface area (Å²) < 4.78 is 0. The molecule has 0 bridgehead atoms. The molecule has 1 rings (SSSR count). The van der Waals surface area contributed by atoms with Crippen molar-refractivity contribution in [1.82, 2.24) is 0 Å². The van der Waals surface area contributed by atoms with Gasteiger partial charge in [0.05, 0.1) is 0 Å². The maximum Gasteiger partial charge on any atom is 0.300 e. The third-order valence-electron chi connectivity index (χ3n) is 1.69. The van der Waals surface area contributed by atoms with E-state index in [9.17, 15) is 14.9 Å². The number of carbonyl (C=O) groups excluding carboxylic acids is 1. The van der Waals surface area contributed by atoms with Crippen LogP contribution in [0.15, 0.2) is 24.3 Å². The SMILES string of the molecule is CC(=O)O.Cc1ccccc1NC(=O)C[N+](=O)[O-]. The summed E-state index contributed by atoms with van der Waals surface area (Å²) in [6.45, 7) is 2.20. The number of nitro groups is 1. The fourth-order valence-electron chi connectivity index (χ4n) is 1.02. The molecule has 0 atom stereocenters. The van der Waals surface area contributed by atoms with Crippen molar-refractivity contribution in [1.29, 1.82) is 0 Å². The second-order valence-corrected chi connectivity index (χ2v) is 3.37. The summed E-state index contributed by atoms with van der Waals surface area (Å²) in [6.07, 6.45) is 0. The number of aliphatic carboxylic acids is 1. The van der Waals surface area contributed by atoms with Gasteiger partial charge in [0.15, 0.2) is 0 Å². The molecule has 98 valence electrons. The summed E-state index contributed by atoms with van der Waals surface area (Å²) in [5, 5.41) is 19.9. The van der Waals surface area contributed by atoms with Crippen molar-refractivity contribution in [2.24, 2.45) is 0 Å². The molecular formula is C11H14N2O5. The van der Waals surface area contributed by atoms with E-state index >= 15 is 0 Å². The van der Waals surface area contributed by atoms with Gasteiger partial charge in [-0.15, -0.1) is 0 Å². The highest BCUT2D eigenvalue weighted by atomic mass is 16.6. The van der Waals surface area contributed by atoms with Crippen LogP contribution in [0.25, 0.3) is 0 Å². The Labute approximate surface area is 104 Å². The van der Waals surface area contributed by atoms with Crippen LogP contribution in [0.5, 0.6) is 0 Å². The van der Waals surface area contributed by atoms with E-state index in [4.69, 9.17) is 9.90 Å². The predicted octanol–water partition coefficient (Wildman–Crippen LogP) is 1.30. The Bertz CT molecular complexity index is 441. The minimum atomic E-state index is -0.833. The number of carbonyl (C=O) groups is 2. The summed E-state index contributed by atoms with van der Waals surface area (Å²) in [5.41, 5.74) is 1.49. The van der Waals surface area contributed by atoms with Crippen LogP contribution in [0.3, 0.4) is 0 Å².